The van der Waals surface area contributed by atoms with Gasteiger partial charge in [0.25, 0.3) is 0 Å². The van der Waals surface area contributed by atoms with E-state index >= 15 is 0 Å². The van der Waals surface area contributed by atoms with E-state index in [2.05, 4.69) is 3.07 Å². The predicted octanol–water partition coefficient (Wildman–Crippen LogP) is 2.25. The highest BCUT2D eigenvalue weighted by Gasteiger charge is 2.11. The van der Waals surface area contributed by atoms with Crippen LogP contribution >= 0.6 is 23.0 Å². The maximum atomic E-state index is 12.5. The average Bonchev–Trinajstić information content (AvgIpc) is 2.03. The molecule has 0 amide bonds. The minimum Gasteiger partial charge on any atom is -0.478 e. The van der Waals surface area contributed by atoms with Crippen molar-refractivity contribution in [3.8, 4) is 5.75 Å². The van der Waals surface area contributed by atoms with E-state index in [0.29, 0.717) is 0 Å². The summed E-state index contributed by atoms with van der Waals surface area (Å²) in [6, 6.07) is 3.25. The van der Waals surface area contributed by atoms with Gasteiger partial charge in [-0.1, -0.05) is 0 Å². The van der Waals surface area contributed by atoms with E-state index in [1.54, 1.807) is 0 Å². The van der Waals surface area contributed by atoms with Crippen molar-refractivity contribution in [3.63, 3.8) is 0 Å². The van der Waals surface area contributed by atoms with Gasteiger partial charge in [-0.3, -0.25) is 0 Å². The monoisotopic (exact) mass is 282 g/mol. The Morgan fingerprint density at radius 1 is 1.58 bits per heavy atom. The molecule has 0 aliphatic rings. The molecule has 0 aromatic heterocycles. The summed E-state index contributed by atoms with van der Waals surface area (Å²) >= 11 is 1.50. The third kappa shape index (κ3) is 1.84. The Morgan fingerprint density at radius 3 is 2.75 bits per heavy atom. The predicted molar refractivity (Wildman–Crippen MR) is 48.0 cm³/mol. The van der Waals surface area contributed by atoms with Gasteiger partial charge in [0, 0.05) is 6.07 Å². The molecule has 0 atom stereocenters. The Morgan fingerprint density at radius 2 is 2.25 bits per heavy atom. The summed E-state index contributed by atoms with van der Waals surface area (Å²) < 4.78 is 17.2. The van der Waals surface area contributed by atoms with Crippen molar-refractivity contribution in [1.29, 1.82) is 0 Å². The molecule has 1 N–H and O–H groups in total. The first-order valence-electron chi connectivity index (χ1n) is 2.96. The molecule has 5 heteroatoms. The van der Waals surface area contributed by atoms with Gasteiger partial charge in [0.15, 0.2) is 28.8 Å². The minimum absolute atomic E-state index is 0.0168. The number of carboxylic acids is 1. The van der Waals surface area contributed by atoms with Crippen LogP contribution in [0.5, 0.6) is 5.75 Å². The Kier molecular flexibility index (Phi) is 2.85. The molecule has 0 aliphatic carbocycles. The van der Waals surface area contributed by atoms with Crippen LogP contribution in [0.15, 0.2) is 18.2 Å². The van der Waals surface area contributed by atoms with Crippen molar-refractivity contribution >= 4 is 29.0 Å². The number of benzene rings is 1. The third-order valence-electron chi connectivity index (χ3n) is 1.26. The molecule has 0 fully saturated rings. The van der Waals surface area contributed by atoms with Gasteiger partial charge in [-0.25, -0.2) is 9.18 Å². The molecule has 0 saturated carbocycles. The van der Waals surface area contributed by atoms with Crippen LogP contribution in [0.1, 0.15) is 10.4 Å². The highest BCUT2D eigenvalue weighted by Crippen LogP contribution is 2.21. The van der Waals surface area contributed by atoms with Crippen molar-refractivity contribution in [2.75, 3.05) is 0 Å². The standard InChI is InChI=1S/C7H4FIO3/c8-4-1-2-5(7(10)11)6(3-4)12-9/h1-3H,(H,10,11). The lowest BCUT2D eigenvalue weighted by atomic mass is 10.2. The number of hydrogen-bond acceptors (Lipinski definition) is 2. The van der Waals surface area contributed by atoms with Crippen molar-refractivity contribution in [2.45, 2.75) is 0 Å². The first-order valence-corrected chi connectivity index (χ1v) is 3.84. The van der Waals surface area contributed by atoms with Gasteiger partial charge >= 0.3 is 5.97 Å². The lowest BCUT2D eigenvalue weighted by Gasteiger charge is -2.01. The van der Waals surface area contributed by atoms with Crippen molar-refractivity contribution in [3.05, 3.63) is 29.6 Å². The van der Waals surface area contributed by atoms with Crippen molar-refractivity contribution in [1.82, 2.24) is 0 Å². The van der Waals surface area contributed by atoms with E-state index < -0.39 is 11.8 Å². The smallest absolute Gasteiger partial charge is 0.339 e. The molecule has 0 aliphatic heterocycles. The van der Waals surface area contributed by atoms with Crippen LogP contribution in [-0.2, 0) is 0 Å². The van der Waals surface area contributed by atoms with E-state index in [1.807, 2.05) is 0 Å². The number of halogens is 2. The fourth-order valence-electron chi connectivity index (χ4n) is 0.737. The molecular weight excluding hydrogens is 278 g/mol. The van der Waals surface area contributed by atoms with Gasteiger partial charge in [-0.05, 0) is 12.1 Å². The third-order valence-corrected chi connectivity index (χ3v) is 1.73. The van der Waals surface area contributed by atoms with E-state index in [1.165, 1.54) is 23.0 Å². The topological polar surface area (TPSA) is 46.5 Å². The zero-order chi connectivity index (χ0) is 9.14. The molecule has 0 saturated heterocycles. The summed E-state index contributed by atoms with van der Waals surface area (Å²) in [5.74, 6) is -1.64. The summed E-state index contributed by atoms with van der Waals surface area (Å²) in [5, 5.41) is 8.58. The lowest BCUT2D eigenvalue weighted by molar-refractivity contribution is 0.0695. The van der Waals surface area contributed by atoms with Gasteiger partial charge in [-0.15, -0.1) is 0 Å². The number of rotatable bonds is 2. The largest absolute Gasteiger partial charge is 0.478 e. The summed E-state index contributed by atoms with van der Waals surface area (Å²) in [5.41, 5.74) is -0.0502. The summed E-state index contributed by atoms with van der Waals surface area (Å²) in [7, 11) is 0. The molecule has 1 aromatic carbocycles. The lowest BCUT2D eigenvalue weighted by Crippen LogP contribution is -1.98. The molecule has 0 spiro atoms. The number of aromatic carboxylic acids is 1. The maximum Gasteiger partial charge on any atom is 0.339 e. The average molecular weight is 282 g/mol. The van der Waals surface area contributed by atoms with Gasteiger partial charge in [0.1, 0.15) is 11.4 Å². The Balaban J connectivity index is 3.20. The van der Waals surface area contributed by atoms with E-state index in [9.17, 15) is 9.18 Å². The highest BCUT2D eigenvalue weighted by molar-refractivity contribution is 14.1. The Bertz CT molecular complexity index is 314. The van der Waals surface area contributed by atoms with Gasteiger partial charge < -0.3 is 8.17 Å². The van der Waals surface area contributed by atoms with Crippen LogP contribution in [0.2, 0.25) is 0 Å². The highest BCUT2D eigenvalue weighted by atomic mass is 127. The minimum atomic E-state index is -1.14. The van der Waals surface area contributed by atoms with Crippen molar-refractivity contribution in [2.24, 2.45) is 0 Å². The molecule has 0 unspecified atom stereocenters. The van der Waals surface area contributed by atoms with E-state index in [0.717, 1.165) is 18.2 Å². The van der Waals surface area contributed by atoms with Crippen LogP contribution < -0.4 is 3.07 Å². The quantitative estimate of drug-likeness (QED) is 0.846. The molecule has 0 radical (unpaired) electrons. The first kappa shape index (κ1) is 9.24. The molecule has 0 heterocycles. The first-order chi connectivity index (χ1) is 5.65. The summed E-state index contributed by atoms with van der Waals surface area (Å²) in [4.78, 5) is 10.5. The normalized spacial score (nSPS) is 9.50. The zero-order valence-electron chi connectivity index (χ0n) is 5.75. The molecule has 3 nitrogen and oxygen atoms in total. The molecule has 1 aromatic rings. The summed E-state index contributed by atoms with van der Waals surface area (Å²) in [6.07, 6.45) is 0. The summed E-state index contributed by atoms with van der Waals surface area (Å²) in [6.45, 7) is 0. The fraction of sp³-hybridized carbons (Fsp3) is 0. The molecule has 1 rings (SSSR count). The molecule has 64 valence electrons. The van der Waals surface area contributed by atoms with E-state index in [-0.39, 0.29) is 11.3 Å². The molecular formula is C7H4FIO3. The van der Waals surface area contributed by atoms with Gasteiger partial charge in [0.05, 0.1) is 0 Å². The van der Waals surface area contributed by atoms with Crippen LogP contribution in [-0.4, -0.2) is 11.1 Å². The Hall–Kier alpha value is -0.850. The van der Waals surface area contributed by atoms with Crippen LogP contribution in [0.3, 0.4) is 0 Å². The SMILES string of the molecule is O=C(O)c1ccc(F)cc1OI. The van der Waals surface area contributed by atoms with E-state index in [4.69, 9.17) is 5.11 Å². The second kappa shape index (κ2) is 3.70. The van der Waals surface area contributed by atoms with Crippen LogP contribution in [0.4, 0.5) is 4.39 Å². The van der Waals surface area contributed by atoms with Gasteiger partial charge in [-0.2, -0.15) is 0 Å². The Labute approximate surface area is 81.8 Å². The molecule has 0 bridgehead atoms. The number of carboxylic acid groups (broad SMARTS) is 1. The zero-order valence-corrected chi connectivity index (χ0v) is 7.91. The number of hydrogen-bond donors (Lipinski definition) is 1. The van der Waals surface area contributed by atoms with Gasteiger partial charge in [0.2, 0.25) is 0 Å². The van der Waals surface area contributed by atoms with Crippen molar-refractivity contribution < 1.29 is 17.4 Å². The second-order valence-electron chi connectivity index (χ2n) is 2.02. The van der Waals surface area contributed by atoms with Crippen LogP contribution in [0, 0.1) is 5.82 Å². The second-order valence-corrected chi connectivity index (χ2v) is 2.46. The fourth-order valence-corrected chi connectivity index (χ4v) is 1.10. The number of carbonyl (C=O) groups is 1. The maximum absolute atomic E-state index is 12.5. The molecule has 12 heavy (non-hydrogen) atoms. The van der Waals surface area contributed by atoms with Crippen LogP contribution in [0.25, 0.3) is 0 Å².